The number of H-pyrrole nitrogens is 1. The summed E-state index contributed by atoms with van der Waals surface area (Å²) in [5, 5.41) is 3.23. The summed E-state index contributed by atoms with van der Waals surface area (Å²) < 4.78 is 4.97. The fraction of sp³-hybridized carbons (Fsp3) is 0.667. The van der Waals surface area contributed by atoms with Gasteiger partial charge in [-0.2, -0.15) is 0 Å². The van der Waals surface area contributed by atoms with E-state index in [0.717, 1.165) is 37.3 Å². The molecule has 0 bridgehead atoms. The summed E-state index contributed by atoms with van der Waals surface area (Å²) in [5.41, 5.74) is 0.718. The molecule has 1 aromatic rings. The molecule has 0 aliphatic carbocycles. The Labute approximate surface area is 102 Å². The van der Waals surface area contributed by atoms with Crippen LogP contribution in [0.15, 0.2) is 10.9 Å². The van der Waals surface area contributed by atoms with Crippen LogP contribution in [-0.2, 0) is 17.7 Å². The summed E-state index contributed by atoms with van der Waals surface area (Å²) >= 11 is 0. The van der Waals surface area contributed by atoms with Crippen LogP contribution in [0.4, 0.5) is 0 Å². The van der Waals surface area contributed by atoms with Crippen molar-refractivity contribution in [2.24, 2.45) is 0 Å². The molecule has 5 nitrogen and oxygen atoms in total. The van der Waals surface area contributed by atoms with Crippen LogP contribution in [0.1, 0.15) is 31.3 Å². The first kappa shape index (κ1) is 13.9. The molecular formula is C12H21N3O2. The second kappa shape index (κ2) is 7.97. The maximum atomic E-state index is 11.4. The molecule has 96 valence electrons. The van der Waals surface area contributed by atoms with Gasteiger partial charge in [-0.15, -0.1) is 0 Å². The third-order valence-electron chi connectivity index (χ3n) is 2.34. The number of aryl methyl sites for hydroxylation is 1. The van der Waals surface area contributed by atoms with Crippen LogP contribution < -0.4 is 10.9 Å². The van der Waals surface area contributed by atoms with Crippen LogP contribution in [0, 0.1) is 0 Å². The van der Waals surface area contributed by atoms with E-state index >= 15 is 0 Å². The van der Waals surface area contributed by atoms with E-state index in [1.165, 1.54) is 0 Å². The van der Waals surface area contributed by atoms with Gasteiger partial charge in [0.25, 0.3) is 5.56 Å². The van der Waals surface area contributed by atoms with Crippen molar-refractivity contribution in [3.05, 3.63) is 27.9 Å². The number of hydrogen-bond donors (Lipinski definition) is 2. The topological polar surface area (TPSA) is 67.0 Å². The van der Waals surface area contributed by atoms with E-state index in [4.69, 9.17) is 4.74 Å². The number of aromatic nitrogens is 2. The van der Waals surface area contributed by atoms with Crippen molar-refractivity contribution in [2.75, 3.05) is 20.3 Å². The molecule has 1 heterocycles. The number of nitrogens with zero attached hydrogens (tertiary/aromatic N) is 1. The predicted molar refractivity (Wildman–Crippen MR) is 67.1 cm³/mol. The molecule has 0 amide bonds. The van der Waals surface area contributed by atoms with E-state index in [1.807, 2.05) is 0 Å². The Hall–Kier alpha value is -1.20. The predicted octanol–water partition coefficient (Wildman–Crippen LogP) is 0.848. The lowest BCUT2D eigenvalue weighted by Crippen LogP contribution is -2.19. The van der Waals surface area contributed by atoms with Crippen LogP contribution >= 0.6 is 0 Å². The Morgan fingerprint density at radius 3 is 3.06 bits per heavy atom. The first-order valence-electron chi connectivity index (χ1n) is 6.05. The maximum absolute atomic E-state index is 11.4. The highest BCUT2D eigenvalue weighted by atomic mass is 16.5. The van der Waals surface area contributed by atoms with Crippen LogP contribution in [-0.4, -0.2) is 30.2 Å². The Bertz CT molecular complexity index is 345. The lowest BCUT2D eigenvalue weighted by atomic mass is 10.3. The van der Waals surface area contributed by atoms with E-state index in [0.29, 0.717) is 13.2 Å². The molecule has 0 aliphatic heterocycles. The zero-order chi connectivity index (χ0) is 12.5. The van der Waals surface area contributed by atoms with Gasteiger partial charge in [0.15, 0.2) is 0 Å². The Morgan fingerprint density at radius 1 is 1.53 bits per heavy atom. The average molecular weight is 239 g/mol. The van der Waals surface area contributed by atoms with E-state index < -0.39 is 0 Å². The Balaban J connectivity index is 2.56. The molecule has 0 fully saturated rings. The highest BCUT2D eigenvalue weighted by Crippen LogP contribution is 1.96. The second-order valence-electron chi connectivity index (χ2n) is 3.96. The van der Waals surface area contributed by atoms with Crippen LogP contribution in [0.5, 0.6) is 0 Å². The highest BCUT2D eigenvalue weighted by Gasteiger charge is 2.01. The van der Waals surface area contributed by atoms with Gasteiger partial charge in [0.1, 0.15) is 5.82 Å². The van der Waals surface area contributed by atoms with E-state index in [2.05, 4.69) is 22.2 Å². The fourth-order valence-corrected chi connectivity index (χ4v) is 1.55. The quantitative estimate of drug-likeness (QED) is 0.660. The molecule has 0 aliphatic rings. The summed E-state index contributed by atoms with van der Waals surface area (Å²) in [6, 6.07) is 1.54. The molecular weight excluding hydrogens is 218 g/mol. The number of hydrogen-bond acceptors (Lipinski definition) is 4. The van der Waals surface area contributed by atoms with Crippen molar-refractivity contribution >= 4 is 0 Å². The molecule has 0 saturated heterocycles. The van der Waals surface area contributed by atoms with Gasteiger partial charge in [-0.1, -0.05) is 6.92 Å². The van der Waals surface area contributed by atoms with Crippen molar-refractivity contribution in [1.82, 2.24) is 15.3 Å². The molecule has 1 rings (SSSR count). The zero-order valence-corrected chi connectivity index (χ0v) is 10.6. The fourth-order valence-electron chi connectivity index (χ4n) is 1.55. The number of methoxy groups -OCH3 is 1. The molecule has 0 aromatic carbocycles. The molecule has 0 atom stereocenters. The smallest absolute Gasteiger partial charge is 0.251 e. The van der Waals surface area contributed by atoms with Crippen molar-refractivity contribution < 1.29 is 4.74 Å². The Morgan fingerprint density at radius 2 is 2.35 bits per heavy atom. The molecule has 0 saturated carbocycles. The lowest BCUT2D eigenvalue weighted by Gasteiger charge is -2.05. The minimum Gasteiger partial charge on any atom is -0.385 e. The van der Waals surface area contributed by atoms with Gasteiger partial charge < -0.3 is 15.0 Å². The van der Waals surface area contributed by atoms with Gasteiger partial charge in [-0.3, -0.25) is 4.79 Å². The highest BCUT2D eigenvalue weighted by molar-refractivity contribution is 5.02. The number of ether oxygens (including phenoxy) is 1. The summed E-state index contributed by atoms with van der Waals surface area (Å²) in [7, 11) is 1.67. The molecule has 2 N–H and O–H groups in total. The monoisotopic (exact) mass is 239 g/mol. The largest absolute Gasteiger partial charge is 0.385 e. The first-order valence-corrected chi connectivity index (χ1v) is 6.05. The molecule has 0 spiro atoms. The molecule has 0 radical (unpaired) electrons. The van der Waals surface area contributed by atoms with Gasteiger partial charge in [0.2, 0.25) is 0 Å². The van der Waals surface area contributed by atoms with Gasteiger partial charge in [-0.05, 0) is 19.4 Å². The van der Waals surface area contributed by atoms with E-state index in [-0.39, 0.29) is 5.56 Å². The summed E-state index contributed by atoms with van der Waals surface area (Å²) in [4.78, 5) is 18.6. The number of aromatic amines is 1. The minimum atomic E-state index is -0.0827. The summed E-state index contributed by atoms with van der Waals surface area (Å²) in [6.45, 7) is 4.37. The van der Waals surface area contributed by atoms with Gasteiger partial charge in [0, 0.05) is 32.7 Å². The van der Waals surface area contributed by atoms with Crippen molar-refractivity contribution in [2.45, 2.75) is 32.7 Å². The minimum absolute atomic E-state index is 0.0827. The van der Waals surface area contributed by atoms with Crippen LogP contribution in [0.3, 0.4) is 0 Å². The molecule has 5 heteroatoms. The van der Waals surface area contributed by atoms with E-state index in [1.54, 1.807) is 13.2 Å². The molecule has 17 heavy (non-hydrogen) atoms. The van der Waals surface area contributed by atoms with Gasteiger partial charge in [-0.25, -0.2) is 4.98 Å². The van der Waals surface area contributed by atoms with E-state index in [9.17, 15) is 4.79 Å². The Kier molecular flexibility index (Phi) is 6.50. The standard InChI is InChI=1S/C12H21N3O2/c1-3-6-13-9-10-8-12(16)15-11(14-10)5-4-7-17-2/h8,13H,3-7,9H2,1-2H3,(H,14,15,16). The second-order valence-corrected chi connectivity index (χ2v) is 3.96. The van der Waals surface area contributed by atoms with Crippen molar-refractivity contribution in [3.63, 3.8) is 0 Å². The normalized spacial score (nSPS) is 10.7. The summed E-state index contributed by atoms with van der Waals surface area (Å²) in [6.07, 6.45) is 2.68. The zero-order valence-electron chi connectivity index (χ0n) is 10.6. The first-order chi connectivity index (χ1) is 8.26. The van der Waals surface area contributed by atoms with Crippen molar-refractivity contribution in [1.29, 1.82) is 0 Å². The SMILES string of the molecule is CCCNCc1cc(=O)[nH]c(CCCOC)n1. The van der Waals surface area contributed by atoms with Gasteiger partial charge >= 0.3 is 0 Å². The molecule has 1 aromatic heterocycles. The summed E-state index contributed by atoms with van der Waals surface area (Å²) in [5.74, 6) is 0.739. The maximum Gasteiger partial charge on any atom is 0.251 e. The third-order valence-corrected chi connectivity index (χ3v) is 2.34. The average Bonchev–Trinajstić information content (AvgIpc) is 2.29. The van der Waals surface area contributed by atoms with Crippen molar-refractivity contribution in [3.8, 4) is 0 Å². The van der Waals surface area contributed by atoms with Crippen LogP contribution in [0.25, 0.3) is 0 Å². The lowest BCUT2D eigenvalue weighted by molar-refractivity contribution is 0.194. The third kappa shape index (κ3) is 5.60. The molecule has 0 unspecified atom stereocenters. The van der Waals surface area contributed by atoms with Gasteiger partial charge in [0.05, 0.1) is 5.69 Å². The number of nitrogens with one attached hydrogen (secondary N) is 2. The number of rotatable bonds is 8. The van der Waals surface area contributed by atoms with Crippen LogP contribution in [0.2, 0.25) is 0 Å².